The summed E-state index contributed by atoms with van der Waals surface area (Å²) in [6.07, 6.45) is -4.54. The van der Waals surface area contributed by atoms with E-state index in [1.54, 1.807) is 7.11 Å². The fourth-order valence-corrected chi connectivity index (χ4v) is 3.20. The van der Waals surface area contributed by atoms with Gasteiger partial charge in [0.15, 0.2) is 17.2 Å². The highest BCUT2D eigenvalue weighted by atomic mass is 19.4. The maximum Gasteiger partial charge on any atom is 0.433 e. The molecule has 0 N–H and O–H groups in total. The van der Waals surface area contributed by atoms with Gasteiger partial charge in [0.05, 0.1) is 7.11 Å². The first-order valence-corrected chi connectivity index (χ1v) is 9.18. The largest absolute Gasteiger partial charge is 0.493 e. The van der Waals surface area contributed by atoms with Gasteiger partial charge in [-0.05, 0) is 12.1 Å². The molecule has 29 heavy (non-hydrogen) atoms. The molecule has 7 nitrogen and oxygen atoms in total. The fraction of sp³-hybridized carbons (Fsp3) is 0.474. The molecule has 2 aromatic rings. The third-order valence-corrected chi connectivity index (χ3v) is 4.78. The minimum atomic E-state index is -4.54. The molecule has 158 valence electrons. The van der Waals surface area contributed by atoms with Gasteiger partial charge in [0.1, 0.15) is 12.3 Å². The molecule has 0 bridgehead atoms. The van der Waals surface area contributed by atoms with E-state index in [9.17, 15) is 18.0 Å². The van der Waals surface area contributed by atoms with Crippen molar-refractivity contribution in [3.8, 4) is 11.5 Å². The second-order valence-corrected chi connectivity index (χ2v) is 6.67. The molecule has 1 aliphatic rings. The molecule has 2 heterocycles. The lowest BCUT2D eigenvalue weighted by Gasteiger charge is -2.34. The second kappa shape index (κ2) is 8.73. The molecule has 1 aromatic heterocycles. The van der Waals surface area contributed by atoms with Crippen molar-refractivity contribution in [1.82, 2.24) is 19.6 Å². The van der Waals surface area contributed by atoms with Crippen LogP contribution in [0.25, 0.3) is 0 Å². The van der Waals surface area contributed by atoms with Crippen molar-refractivity contribution in [1.29, 1.82) is 0 Å². The predicted octanol–water partition coefficient (Wildman–Crippen LogP) is 2.28. The molecule has 0 aliphatic carbocycles. The number of rotatable bonds is 6. The second-order valence-electron chi connectivity index (χ2n) is 6.67. The lowest BCUT2D eigenvalue weighted by molar-refractivity contribution is -0.143. The highest BCUT2D eigenvalue weighted by molar-refractivity contribution is 5.92. The van der Waals surface area contributed by atoms with Gasteiger partial charge in [0, 0.05) is 45.8 Å². The van der Waals surface area contributed by atoms with Crippen LogP contribution in [-0.2, 0) is 13.2 Å². The molecule has 0 spiro atoms. The molecule has 1 aromatic carbocycles. The Morgan fingerprint density at radius 1 is 1.14 bits per heavy atom. The summed E-state index contributed by atoms with van der Waals surface area (Å²) in [6, 6.07) is 8.18. The van der Waals surface area contributed by atoms with Crippen LogP contribution in [0.3, 0.4) is 0 Å². The van der Waals surface area contributed by atoms with Crippen LogP contribution in [0.5, 0.6) is 11.5 Å². The van der Waals surface area contributed by atoms with E-state index in [1.807, 2.05) is 24.3 Å². The average molecular weight is 412 g/mol. The summed E-state index contributed by atoms with van der Waals surface area (Å²) in [5, 5.41) is 3.73. The number of nitrogens with zero attached hydrogens (tertiary/aromatic N) is 4. The average Bonchev–Trinajstić information content (AvgIpc) is 3.10. The van der Waals surface area contributed by atoms with E-state index < -0.39 is 17.8 Å². The topological polar surface area (TPSA) is 59.8 Å². The number of piperazine rings is 1. The first-order chi connectivity index (χ1) is 13.8. The number of para-hydroxylation sites is 2. The molecule has 0 unspecified atom stereocenters. The number of carbonyl (C=O) groups excluding carboxylic acids is 1. The predicted molar refractivity (Wildman–Crippen MR) is 99.0 cm³/mol. The van der Waals surface area contributed by atoms with Crippen molar-refractivity contribution in [2.24, 2.45) is 7.05 Å². The Hall–Kier alpha value is -2.75. The van der Waals surface area contributed by atoms with Crippen LogP contribution in [0.2, 0.25) is 0 Å². The molecule has 0 atom stereocenters. The SMILES string of the molecule is COc1ccccc1OCCN1CCN(C(=O)c2cc(C(F)(F)F)n(C)n2)CC1. The van der Waals surface area contributed by atoms with E-state index >= 15 is 0 Å². The minimum Gasteiger partial charge on any atom is -0.493 e. The molecule has 3 rings (SSSR count). The Morgan fingerprint density at radius 2 is 1.79 bits per heavy atom. The summed E-state index contributed by atoms with van der Waals surface area (Å²) < 4.78 is 50.4. The standard InChI is InChI=1S/C19H23F3N4O3/c1-24-17(19(20,21)22)13-14(23-24)18(27)26-9-7-25(8-10-26)11-12-29-16-6-4-3-5-15(16)28-2/h3-6,13H,7-12H2,1-2H3. The van der Waals surface area contributed by atoms with E-state index in [0.717, 1.165) is 6.07 Å². The van der Waals surface area contributed by atoms with Gasteiger partial charge in [0.2, 0.25) is 0 Å². The van der Waals surface area contributed by atoms with Crippen molar-refractivity contribution in [3.05, 3.63) is 41.7 Å². The number of ether oxygens (including phenoxy) is 2. The van der Waals surface area contributed by atoms with E-state index in [1.165, 1.54) is 11.9 Å². The molecule has 10 heteroatoms. The molecule has 1 saturated heterocycles. The first kappa shape index (κ1) is 21.0. The first-order valence-electron chi connectivity index (χ1n) is 9.18. The number of hydrogen-bond donors (Lipinski definition) is 0. The summed E-state index contributed by atoms with van der Waals surface area (Å²) >= 11 is 0. The van der Waals surface area contributed by atoms with Gasteiger partial charge in [-0.2, -0.15) is 18.3 Å². The third kappa shape index (κ3) is 5.00. The zero-order valence-electron chi connectivity index (χ0n) is 16.3. The number of alkyl halides is 3. The Labute approximate surface area is 166 Å². The highest BCUT2D eigenvalue weighted by Gasteiger charge is 2.36. The van der Waals surface area contributed by atoms with Crippen molar-refractivity contribution >= 4 is 5.91 Å². The van der Waals surface area contributed by atoms with Crippen LogP contribution in [0.15, 0.2) is 30.3 Å². The van der Waals surface area contributed by atoms with Crippen molar-refractivity contribution in [2.45, 2.75) is 6.18 Å². The normalized spacial score (nSPS) is 15.4. The highest BCUT2D eigenvalue weighted by Crippen LogP contribution is 2.29. The van der Waals surface area contributed by atoms with Crippen molar-refractivity contribution < 1.29 is 27.4 Å². The molecule has 1 amide bonds. The van der Waals surface area contributed by atoms with E-state index in [-0.39, 0.29) is 5.69 Å². The number of aromatic nitrogens is 2. The van der Waals surface area contributed by atoms with Gasteiger partial charge in [-0.1, -0.05) is 12.1 Å². The van der Waals surface area contributed by atoms with Crippen molar-refractivity contribution in [2.75, 3.05) is 46.4 Å². The molecule has 1 fully saturated rings. The number of methoxy groups -OCH3 is 1. The Morgan fingerprint density at radius 3 is 2.38 bits per heavy atom. The van der Waals surface area contributed by atoms with Crippen LogP contribution in [0.4, 0.5) is 13.2 Å². The van der Waals surface area contributed by atoms with Gasteiger partial charge in [-0.3, -0.25) is 14.4 Å². The Balaban J connectivity index is 1.48. The fourth-order valence-electron chi connectivity index (χ4n) is 3.20. The monoisotopic (exact) mass is 412 g/mol. The Kier molecular flexibility index (Phi) is 6.31. The molecular formula is C19H23F3N4O3. The van der Waals surface area contributed by atoms with Crippen LogP contribution in [0, 0.1) is 0 Å². The number of aryl methyl sites for hydroxylation is 1. The number of benzene rings is 1. The van der Waals surface area contributed by atoms with Crippen LogP contribution < -0.4 is 9.47 Å². The number of hydrogen-bond acceptors (Lipinski definition) is 5. The Bertz CT molecular complexity index is 845. The summed E-state index contributed by atoms with van der Waals surface area (Å²) in [6.45, 7) is 3.20. The van der Waals surface area contributed by atoms with Crippen molar-refractivity contribution in [3.63, 3.8) is 0 Å². The maximum atomic E-state index is 12.9. The lowest BCUT2D eigenvalue weighted by atomic mass is 10.2. The molecule has 0 radical (unpaired) electrons. The van der Waals surface area contributed by atoms with Gasteiger partial charge in [-0.25, -0.2) is 0 Å². The number of halogens is 3. The molecule has 0 saturated carbocycles. The minimum absolute atomic E-state index is 0.187. The van der Waals surface area contributed by atoms with Crippen LogP contribution in [0.1, 0.15) is 16.2 Å². The third-order valence-electron chi connectivity index (χ3n) is 4.78. The maximum absolute atomic E-state index is 12.9. The number of carbonyl (C=O) groups is 1. The number of amides is 1. The van der Waals surface area contributed by atoms with Crippen LogP contribution >= 0.6 is 0 Å². The summed E-state index contributed by atoms with van der Waals surface area (Å²) in [5.74, 6) is 0.844. The zero-order chi connectivity index (χ0) is 21.0. The smallest absolute Gasteiger partial charge is 0.433 e. The zero-order valence-corrected chi connectivity index (χ0v) is 16.3. The quantitative estimate of drug-likeness (QED) is 0.729. The van der Waals surface area contributed by atoms with Gasteiger partial charge >= 0.3 is 6.18 Å². The van der Waals surface area contributed by atoms with E-state index in [2.05, 4.69) is 10.00 Å². The van der Waals surface area contributed by atoms with Crippen LogP contribution in [-0.4, -0.2) is 71.9 Å². The van der Waals surface area contributed by atoms with Gasteiger partial charge in [0.25, 0.3) is 5.91 Å². The summed E-state index contributed by atoms with van der Waals surface area (Å²) in [5.41, 5.74) is -1.12. The van der Waals surface area contributed by atoms with Gasteiger partial charge in [-0.15, -0.1) is 0 Å². The summed E-state index contributed by atoms with van der Waals surface area (Å²) in [4.78, 5) is 16.2. The molecular weight excluding hydrogens is 389 g/mol. The molecule has 1 aliphatic heterocycles. The lowest BCUT2D eigenvalue weighted by Crippen LogP contribution is -2.49. The van der Waals surface area contributed by atoms with E-state index in [0.29, 0.717) is 55.5 Å². The van der Waals surface area contributed by atoms with E-state index in [4.69, 9.17) is 9.47 Å². The van der Waals surface area contributed by atoms with Gasteiger partial charge < -0.3 is 14.4 Å². The summed E-state index contributed by atoms with van der Waals surface area (Å²) in [7, 11) is 2.76.